The maximum absolute atomic E-state index is 12.8. The number of hydrogen-bond acceptors (Lipinski definition) is 4. The van der Waals surface area contributed by atoms with Crippen molar-refractivity contribution in [2.24, 2.45) is 7.05 Å². The average Bonchev–Trinajstić information content (AvgIpc) is 3.18. The van der Waals surface area contributed by atoms with Crippen LogP contribution >= 0.6 is 11.6 Å². The van der Waals surface area contributed by atoms with E-state index in [0.717, 1.165) is 16.6 Å². The van der Waals surface area contributed by atoms with Crippen LogP contribution in [0.25, 0.3) is 11.0 Å². The van der Waals surface area contributed by atoms with Gasteiger partial charge >= 0.3 is 0 Å². The van der Waals surface area contributed by atoms with Crippen molar-refractivity contribution in [2.75, 3.05) is 0 Å². The third-order valence-corrected chi connectivity index (χ3v) is 5.88. The van der Waals surface area contributed by atoms with Gasteiger partial charge in [0.15, 0.2) is 0 Å². The molecule has 4 aromatic rings. The Labute approximate surface area is 207 Å². The Hall–Kier alpha value is -4.17. The number of amides is 3. The standard InChI is InChI=1S/C26H24ClN5O3/c1-32-22-14-8-7-13-20(22)28-23(32)16-25(34)31-30-24(33)15-21(17-9-3-2-4-10-17)29-26(35)18-11-5-6-12-19(18)27/h2-14,21H,15-16H2,1H3,(H,29,35)(H,30,33)(H,31,34)/t21-/m0/s1. The van der Waals surface area contributed by atoms with Crippen LogP contribution in [0.15, 0.2) is 78.9 Å². The molecule has 3 amide bonds. The summed E-state index contributed by atoms with van der Waals surface area (Å²) in [5, 5.41) is 3.18. The largest absolute Gasteiger partial charge is 0.345 e. The second-order valence-corrected chi connectivity index (χ2v) is 8.38. The second kappa shape index (κ2) is 10.8. The molecule has 1 atom stereocenters. The van der Waals surface area contributed by atoms with E-state index < -0.39 is 23.8 Å². The molecule has 0 aliphatic heterocycles. The maximum Gasteiger partial charge on any atom is 0.253 e. The summed E-state index contributed by atoms with van der Waals surface area (Å²) in [6.45, 7) is 0. The molecule has 0 aliphatic carbocycles. The van der Waals surface area contributed by atoms with Crippen molar-refractivity contribution in [3.63, 3.8) is 0 Å². The monoisotopic (exact) mass is 489 g/mol. The molecule has 0 saturated heterocycles. The molecular formula is C26H24ClN5O3. The number of carbonyl (C=O) groups excluding carboxylic acids is 3. The molecule has 0 spiro atoms. The van der Waals surface area contributed by atoms with Gasteiger partial charge in [0.25, 0.3) is 5.91 Å². The number of aryl methyl sites for hydroxylation is 1. The van der Waals surface area contributed by atoms with Gasteiger partial charge in [0.2, 0.25) is 11.8 Å². The third-order valence-electron chi connectivity index (χ3n) is 5.56. The molecule has 0 bridgehead atoms. The van der Waals surface area contributed by atoms with E-state index in [1.165, 1.54) is 0 Å². The summed E-state index contributed by atoms with van der Waals surface area (Å²) in [5.74, 6) is -0.694. The van der Waals surface area contributed by atoms with E-state index in [9.17, 15) is 14.4 Å². The maximum atomic E-state index is 12.8. The van der Waals surface area contributed by atoms with E-state index in [1.54, 1.807) is 24.3 Å². The summed E-state index contributed by atoms with van der Waals surface area (Å²) in [7, 11) is 1.84. The molecule has 1 aromatic heterocycles. The first-order valence-corrected chi connectivity index (χ1v) is 11.4. The molecule has 4 rings (SSSR count). The summed E-state index contributed by atoms with van der Waals surface area (Å²) in [4.78, 5) is 42.4. The van der Waals surface area contributed by atoms with E-state index in [-0.39, 0.29) is 12.8 Å². The second-order valence-electron chi connectivity index (χ2n) is 7.97. The summed E-state index contributed by atoms with van der Waals surface area (Å²) in [6, 6.07) is 22.8. The van der Waals surface area contributed by atoms with E-state index in [2.05, 4.69) is 21.2 Å². The van der Waals surface area contributed by atoms with E-state index >= 15 is 0 Å². The average molecular weight is 490 g/mol. The predicted octanol–water partition coefficient (Wildman–Crippen LogP) is 3.48. The fourth-order valence-electron chi connectivity index (χ4n) is 3.74. The lowest BCUT2D eigenvalue weighted by atomic mass is 10.0. The predicted molar refractivity (Wildman–Crippen MR) is 133 cm³/mol. The molecular weight excluding hydrogens is 466 g/mol. The minimum Gasteiger partial charge on any atom is -0.345 e. The number of carbonyl (C=O) groups is 3. The summed E-state index contributed by atoms with van der Waals surface area (Å²) >= 11 is 6.15. The van der Waals surface area contributed by atoms with Crippen LogP contribution in [-0.2, 0) is 23.1 Å². The highest BCUT2D eigenvalue weighted by Crippen LogP contribution is 2.20. The van der Waals surface area contributed by atoms with Gasteiger partial charge in [-0.1, -0.05) is 66.2 Å². The first-order valence-electron chi connectivity index (χ1n) is 11.0. The molecule has 0 aliphatic rings. The van der Waals surface area contributed by atoms with E-state index in [0.29, 0.717) is 16.4 Å². The van der Waals surface area contributed by atoms with Gasteiger partial charge < -0.3 is 9.88 Å². The fourth-order valence-corrected chi connectivity index (χ4v) is 3.96. The number of imidazole rings is 1. The minimum absolute atomic E-state index is 0.00316. The number of hydrogen-bond donors (Lipinski definition) is 3. The molecule has 0 fully saturated rings. The number of hydrazine groups is 1. The van der Waals surface area contributed by atoms with Crippen molar-refractivity contribution in [2.45, 2.75) is 18.9 Å². The van der Waals surface area contributed by atoms with Gasteiger partial charge in [-0.25, -0.2) is 4.98 Å². The molecule has 8 nitrogen and oxygen atoms in total. The van der Waals surface area contributed by atoms with Gasteiger partial charge in [0.05, 0.1) is 40.5 Å². The van der Waals surface area contributed by atoms with Crippen molar-refractivity contribution in [3.05, 3.63) is 101 Å². The molecule has 3 aromatic carbocycles. The zero-order chi connectivity index (χ0) is 24.8. The smallest absolute Gasteiger partial charge is 0.253 e. The van der Waals surface area contributed by atoms with Gasteiger partial charge in [-0.05, 0) is 29.8 Å². The lowest BCUT2D eigenvalue weighted by molar-refractivity contribution is -0.128. The molecule has 0 saturated carbocycles. The number of fused-ring (bicyclic) bond motifs is 1. The summed E-state index contributed by atoms with van der Waals surface area (Å²) in [5.41, 5.74) is 7.62. The fraction of sp³-hybridized carbons (Fsp3) is 0.154. The number of rotatable bonds is 7. The molecule has 35 heavy (non-hydrogen) atoms. The summed E-state index contributed by atoms with van der Waals surface area (Å²) < 4.78 is 1.84. The summed E-state index contributed by atoms with van der Waals surface area (Å²) in [6.07, 6.45) is -0.0937. The normalized spacial score (nSPS) is 11.6. The van der Waals surface area contributed by atoms with Gasteiger partial charge in [-0.2, -0.15) is 0 Å². The lowest BCUT2D eigenvalue weighted by Crippen LogP contribution is -2.44. The highest BCUT2D eigenvalue weighted by atomic mass is 35.5. The Morgan fingerprint density at radius 2 is 1.54 bits per heavy atom. The van der Waals surface area contributed by atoms with Crippen LogP contribution in [0.5, 0.6) is 0 Å². The first-order chi connectivity index (χ1) is 16.9. The van der Waals surface area contributed by atoms with Crippen molar-refractivity contribution in [1.82, 2.24) is 25.7 Å². The highest BCUT2D eigenvalue weighted by Gasteiger charge is 2.21. The van der Waals surface area contributed by atoms with Crippen molar-refractivity contribution >= 4 is 40.4 Å². The van der Waals surface area contributed by atoms with Gasteiger partial charge in [-0.3, -0.25) is 25.2 Å². The minimum atomic E-state index is -0.628. The van der Waals surface area contributed by atoms with Gasteiger partial charge in [0.1, 0.15) is 5.82 Å². The zero-order valence-electron chi connectivity index (χ0n) is 19.0. The number of nitrogens with zero attached hydrogens (tertiary/aromatic N) is 2. The SMILES string of the molecule is Cn1c(CC(=O)NNC(=O)C[C@H](NC(=O)c2ccccc2Cl)c2ccccc2)nc2ccccc21. The van der Waals surface area contributed by atoms with Crippen LogP contribution < -0.4 is 16.2 Å². The highest BCUT2D eigenvalue weighted by molar-refractivity contribution is 6.33. The van der Waals surface area contributed by atoms with Crippen LogP contribution in [-0.4, -0.2) is 27.3 Å². The van der Waals surface area contributed by atoms with Crippen LogP contribution in [0.1, 0.15) is 34.2 Å². The van der Waals surface area contributed by atoms with Crippen LogP contribution in [0.2, 0.25) is 5.02 Å². The van der Waals surface area contributed by atoms with Crippen molar-refractivity contribution in [3.8, 4) is 0 Å². The Morgan fingerprint density at radius 1 is 0.886 bits per heavy atom. The molecule has 0 unspecified atom stereocenters. The van der Waals surface area contributed by atoms with Crippen molar-refractivity contribution in [1.29, 1.82) is 0 Å². The quantitative estimate of drug-likeness (QED) is 0.346. The molecule has 3 N–H and O–H groups in total. The molecule has 178 valence electrons. The Morgan fingerprint density at radius 3 is 2.29 bits per heavy atom. The molecule has 0 radical (unpaired) electrons. The molecule has 1 heterocycles. The van der Waals surface area contributed by atoms with Crippen LogP contribution in [0.3, 0.4) is 0 Å². The van der Waals surface area contributed by atoms with E-state index in [1.807, 2.05) is 66.2 Å². The zero-order valence-corrected chi connectivity index (χ0v) is 19.8. The topological polar surface area (TPSA) is 105 Å². The number of aromatic nitrogens is 2. The Kier molecular flexibility index (Phi) is 7.42. The number of para-hydroxylation sites is 2. The Bertz CT molecular complexity index is 1370. The van der Waals surface area contributed by atoms with Crippen LogP contribution in [0, 0.1) is 0 Å². The van der Waals surface area contributed by atoms with Crippen molar-refractivity contribution < 1.29 is 14.4 Å². The van der Waals surface area contributed by atoms with Crippen LogP contribution in [0.4, 0.5) is 0 Å². The first kappa shape index (κ1) is 24.0. The third kappa shape index (κ3) is 5.85. The number of benzene rings is 3. The Balaban J connectivity index is 1.38. The number of nitrogens with one attached hydrogen (secondary N) is 3. The number of halogens is 1. The molecule has 9 heteroatoms. The lowest BCUT2D eigenvalue weighted by Gasteiger charge is -2.19. The van der Waals surface area contributed by atoms with E-state index in [4.69, 9.17) is 11.6 Å². The van der Waals surface area contributed by atoms with Gasteiger partial charge in [0, 0.05) is 7.05 Å². The van der Waals surface area contributed by atoms with Gasteiger partial charge in [-0.15, -0.1) is 0 Å².